The summed E-state index contributed by atoms with van der Waals surface area (Å²) in [4.78, 5) is 24.0. The molecule has 2 aliphatic rings. The number of rotatable bonds is 1. The second-order valence-electron chi connectivity index (χ2n) is 6.84. The molecule has 0 aromatic rings. The van der Waals surface area contributed by atoms with Gasteiger partial charge in [0.05, 0.1) is 6.10 Å². The number of aliphatic hydroxyl groups excluding tert-OH is 1. The molecule has 1 saturated carbocycles. The SMILES string of the molecule is CC1(O)CC(O)C(C2(C)CCC(=O)C2(C)C)=CC1=O. The van der Waals surface area contributed by atoms with E-state index in [1.165, 1.54) is 13.0 Å². The molecule has 0 bridgehead atoms. The molecule has 4 nitrogen and oxygen atoms in total. The summed E-state index contributed by atoms with van der Waals surface area (Å²) in [6.07, 6.45) is 1.59. The summed E-state index contributed by atoms with van der Waals surface area (Å²) in [6.45, 7) is 7.08. The van der Waals surface area contributed by atoms with E-state index in [1.54, 1.807) is 0 Å². The van der Waals surface area contributed by atoms with E-state index in [0.29, 0.717) is 18.4 Å². The Labute approximate surface area is 113 Å². The summed E-state index contributed by atoms with van der Waals surface area (Å²) >= 11 is 0. The van der Waals surface area contributed by atoms with Gasteiger partial charge in [-0.05, 0) is 25.0 Å². The zero-order chi connectivity index (χ0) is 14.6. The van der Waals surface area contributed by atoms with Gasteiger partial charge in [0, 0.05) is 23.7 Å². The molecule has 0 aromatic carbocycles. The maximum absolute atomic E-state index is 12.0. The summed E-state index contributed by atoms with van der Waals surface area (Å²) in [6, 6.07) is 0. The summed E-state index contributed by atoms with van der Waals surface area (Å²) in [5, 5.41) is 20.2. The molecule has 0 saturated heterocycles. The third kappa shape index (κ3) is 1.89. The highest BCUT2D eigenvalue weighted by Gasteiger charge is 2.56. The number of hydrogen-bond donors (Lipinski definition) is 2. The second-order valence-corrected chi connectivity index (χ2v) is 6.84. The highest BCUT2D eigenvalue weighted by molar-refractivity contribution is 5.99. The van der Waals surface area contributed by atoms with Crippen molar-refractivity contribution >= 4 is 11.6 Å². The van der Waals surface area contributed by atoms with Gasteiger partial charge >= 0.3 is 0 Å². The van der Waals surface area contributed by atoms with Crippen molar-refractivity contribution in [2.75, 3.05) is 0 Å². The van der Waals surface area contributed by atoms with Gasteiger partial charge in [-0.3, -0.25) is 9.59 Å². The standard InChI is InChI=1S/C15H22O4/c1-13(2)11(17)5-6-14(13,3)9-7-12(18)15(4,19)8-10(9)16/h7,10,16,19H,5-6,8H2,1-4H3. The van der Waals surface area contributed by atoms with Crippen LogP contribution in [0.3, 0.4) is 0 Å². The molecule has 3 unspecified atom stereocenters. The molecule has 2 aliphatic carbocycles. The van der Waals surface area contributed by atoms with Crippen LogP contribution in [0.5, 0.6) is 0 Å². The third-order valence-electron chi connectivity index (χ3n) is 5.33. The maximum Gasteiger partial charge on any atom is 0.187 e. The first-order valence-electron chi connectivity index (χ1n) is 6.72. The summed E-state index contributed by atoms with van der Waals surface area (Å²) in [5.41, 5.74) is -2.02. The van der Waals surface area contributed by atoms with E-state index in [-0.39, 0.29) is 18.0 Å². The van der Waals surface area contributed by atoms with Crippen molar-refractivity contribution < 1.29 is 19.8 Å². The predicted molar refractivity (Wildman–Crippen MR) is 70.5 cm³/mol. The highest BCUT2D eigenvalue weighted by Crippen LogP contribution is 2.56. The van der Waals surface area contributed by atoms with Gasteiger partial charge in [0.2, 0.25) is 0 Å². The minimum Gasteiger partial charge on any atom is -0.389 e. The zero-order valence-corrected chi connectivity index (χ0v) is 12.0. The molecule has 0 amide bonds. The Kier molecular flexibility index (Phi) is 3.03. The molecule has 19 heavy (non-hydrogen) atoms. The number of ketones is 2. The first-order valence-corrected chi connectivity index (χ1v) is 6.72. The van der Waals surface area contributed by atoms with Gasteiger partial charge in [0.1, 0.15) is 11.4 Å². The van der Waals surface area contributed by atoms with E-state index >= 15 is 0 Å². The molecule has 3 atom stereocenters. The topological polar surface area (TPSA) is 74.6 Å². The molecule has 106 valence electrons. The molecule has 0 spiro atoms. The van der Waals surface area contributed by atoms with Crippen molar-refractivity contribution in [3.63, 3.8) is 0 Å². The van der Waals surface area contributed by atoms with Gasteiger partial charge in [-0.1, -0.05) is 20.8 Å². The van der Waals surface area contributed by atoms with Gasteiger partial charge in [-0.15, -0.1) is 0 Å². The molecule has 0 aromatic heterocycles. The van der Waals surface area contributed by atoms with Gasteiger partial charge in [-0.2, -0.15) is 0 Å². The Hall–Kier alpha value is -1.00. The monoisotopic (exact) mass is 266 g/mol. The van der Waals surface area contributed by atoms with E-state index in [9.17, 15) is 19.8 Å². The van der Waals surface area contributed by atoms with E-state index in [4.69, 9.17) is 0 Å². The molecule has 0 aliphatic heterocycles. The fraction of sp³-hybridized carbons (Fsp3) is 0.733. The summed E-state index contributed by atoms with van der Waals surface area (Å²) in [5.74, 6) is -0.225. The van der Waals surface area contributed by atoms with Gasteiger partial charge in [0.25, 0.3) is 0 Å². The number of carbonyl (C=O) groups is 2. The molecular weight excluding hydrogens is 244 g/mol. The Morgan fingerprint density at radius 3 is 2.26 bits per heavy atom. The first kappa shape index (κ1) is 14.4. The smallest absolute Gasteiger partial charge is 0.187 e. The van der Waals surface area contributed by atoms with Crippen LogP contribution in [0.25, 0.3) is 0 Å². The lowest BCUT2D eigenvalue weighted by Crippen LogP contribution is -2.48. The van der Waals surface area contributed by atoms with Crippen molar-refractivity contribution in [3.05, 3.63) is 11.6 Å². The van der Waals surface area contributed by atoms with Crippen LogP contribution >= 0.6 is 0 Å². The molecule has 4 heteroatoms. The number of carbonyl (C=O) groups excluding carboxylic acids is 2. The third-order valence-corrected chi connectivity index (χ3v) is 5.33. The van der Waals surface area contributed by atoms with Crippen LogP contribution in [0.4, 0.5) is 0 Å². The molecule has 2 N–H and O–H groups in total. The molecule has 2 rings (SSSR count). The molecule has 0 heterocycles. The Balaban J connectivity index is 2.48. The highest BCUT2D eigenvalue weighted by atomic mass is 16.3. The van der Waals surface area contributed by atoms with Crippen molar-refractivity contribution in [2.45, 2.75) is 58.7 Å². The zero-order valence-electron chi connectivity index (χ0n) is 12.0. The van der Waals surface area contributed by atoms with Gasteiger partial charge in [-0.25, -0.2) is 0 Å². The van der Waals surface area contributed by atoms with Gasteiger partial charge < -0.3 is 10.2 Å². The fourth-order valence-corrected chi connectivity index (χ4v) is 3.31. The average molecular weight is 266 g/mol. The lowest BCUT2D eigenvalue weighted by Gasteiger charge is -2.44. The van der Waals surface area contributed by atoms with E-state index < -0.39 is 22.5 Å². The molecular formula is C15H22O4. The summed E-state index contributed by atoms with van der Waals surface area (Å²) < 4.78 is 0. The predicted octanol–water partition coefficient (Wildman–Crippen LogP) is 1.39. The van der Waals surface area contributed by atoms with Crippen molar-refractivity contribution in [1.29, 1.82) is 0 Å². The van der Waals surface area contributed by atoms with E-state index in [0.717, 1.165) is 0 Å². The maximum atomic E-state index is 12.0. The molecule has 1 fully saturated rings. The average Bonchev–Trinajstić information content (AvgIpc) is 2.48. The van der Waals surface area contributed by atoms with E-state index in [1.807, 2.05) is 20.8 Å². The largest absolute Gasteiger partial charge is 0.389 e. The number of Topliss-reactive ketones (excluding diaryl/α,β-unsaturated/α-hetero) is 1. The van der Waals surface area contributed by atoms with Gasteiger partial charge in [0.15, 0.2) is 5.78 Å². The molecule has 0 radical (unpaired) electrons. The fourth-order valence-electron chi connectivity index (χ4n) is 3.31. The van der Waals surface area contributed by atoms with Crippen LogP contribution in [-0.2, 0) is 9.59 Å². The van der Waals surface area contributed by atoms with Crippen molar-refractivity contribution in [3.8, 4) is 0 Å². The lowest BCUT2D eigenvalue weighted by molar-refractivity contribution is -0.136. The number of hydrogen-bond acceptors (Lipinski definition) is 4. The summed E-state index contributed by atoms with van der Waals surface area (Å²) in [7, 11) is 0. The Bertz CT molecular complexity index is 473. The van der Waals surface area contributed by atoms with Crippen LogP contribution in [0.1, 0.15) is 47.0 Å². The Morgan fingerprint density at radius 2 is 1.79 bits per heavy atom. The lowest BCUT2D eigenvalue weighted by atomic mass is 9.61. The van der Waals surface area contributed by atoms with Crippen molar-refractivity contribution in [2.24, 2.45) is 10.8 Å². The Morgan fingerprint density at radius 1 is 1.21 bits per heavy atom. The first-order chi connectivity index (χ1) is 8.52. The van der Waals surface area contributed by atoms with Crippen LogP contribution in [0, 0.1) is 10.8 Å². The quantitative estimate of drug-likeness (QED) is 0.752. The van der Waals surface area contributed by atoms with Crippen LogP contribution in [0.15, 0.2) is 11.6 Å². The van der Waals surface area contributed by atoms with E-state index in [2.05, 4.69) is 0 Å². The van der Waals surface area contributed by atoms with Crippen molar-refractivity contribution in [1.82, 2.24) is 0 Å². The minimum absolute atomic E-state index is 0.00245. The van der Waals surface area contributed by atoms with Crippen LogP contribution in [0.2, 0.25) is 0 Å². The number of aliphatic hydroxyl groups is 2. The minimum atomic E-state index is -1.51. The van der Waals surface area contributed by atoms with Crippen LogP contribution in [-0.4, -0.2) is 33.5 Å². The second kappa shape index (κ2) is 4.00. The normalized spacial score (nSPS) is 42.4. The van der Waals surface area contributed by atoms with Crippen LogP contribution < -0.4 is 0 Å².